The predicted octanol–water partition coefficient (Wildman–Crippen LogP) is 3.38. The standard InChI is InChI=1S/C13H14FNO/c1-13(2,3)12-11(16)6-8-4-5-9(14)7-10(8)15-12/h4-7,16H,1-3H3. The van der Waals surface area contributed by atoms with Crippen LogP contribution in [-0.4, -0.2) is 10.1 Å². The van der Waals surface area contributed by atoms with Crippen LogP contribution in [0, 0.1) is 5.82 Å². The van der Waals surface area contributed by atoms with E-state index in [0.29, 0.717) is 11.2 Å². The molecule has 0 amide bonds. The molecule has 16 heavy (non-hydrogen) atoms. The molecule has 0 radical (unpaired) electrons. The average Bonchev–Trinajstić information content (AvgIpc) is 2.16. The van der Waals surface area contributed by atoms with Crippen LogP contribution in [0.2, 0.25) is 0 Å². The lowest BCUT2D eigenvalue weighted by Crippen LogP contribution is -2.13. The normalized spacial score (nSPS) is 12.0. The predicted molar refractivity (Wildman–Crippen MR) is 62.1 cm³/mol. The number of aromatic nitrogens is 1. The van der Waals surface area contributed by atoms with Gasteiger partial charge in [-0.15, -0.1) is 0 Å². The monoisotopic (exact) mass is 219 g/mol. The van der Waals surface area contributed by atoms with Crippen LogP contribution >= 0.6 is 0 Å². The van der Waals surface area contributed by atoms with E-state index >= 15 is 0 Å². The van der Waals surface area contributed by atoms with E-state index in [1.54, 1.807) is 12.1 Å². The summed E-state index contributed by atoms with van der Waals surface area (Å²) in [5.41, 5.74) is 0.901. The van der Waals surface area contributed by atoms with Gasteiger partial charge in [0, 0.05) is 16.9 Å². The molecule has 0 spiro atoms. The van der Waals surface area contributed by atoms with Gasteiger partial charge in [0.2, 0.25) is 0 Å². The summed E-state index contributed by atoms with van der Waals surface area (Å²) in [4.78, 5) is 4.32. The van der Waals surface area contributed by atoms with E-state index in [4.69, 9.17) is 0 Å². The van der Waals surface area contributed by atoms with Crippen LogP contribution in [0.15, 0.2) is 24.3 Å². The van der Waals surface area contributed by atoms with E-state index in [2.05, 4.69) is 4.98 Å². The molecule has 0 aliphatic rings. The highest BCUT2D eigenvalue weighted by Crippen LogP contribution is 2.31. The largest absolute Gasteiger partial charge is 0.506 e. The van der Waals surface area contributed by atoms with Crippen LogP contribution in [-0.2, 0) is 5.41 Å². The Morgan fingerprint density at radius 2 is 1.88 bits per heavy atom. The average molecular weight is 219 g/mol. The molecule has 0 bridgehead atoms. The molecule has 2 nitrogen and oxygen atoms in total. The van der Waals surface area contributed by atoms with Crippen LogP contribution in [0.4, 0.5) is 4.39 Å². The maximum atomic E-state index is 13.1. The van der Waals surface area contributed by atoms with Crippen molar-refractivity contribution in [1.82, 2.24) is 4.98 Å². The zero-order valence-electron chi connectivity index (χ0n) is 9.58. The van der Waals surface area contributed by atoms with Crippen LogP contribution in [0.5, 0.6) is 5.75 Å². The molecular weight excluding hydrogens is 205 g/mol. The summed E-state index contributed by atoms with van der Waals surface area (Å²) in [5, 5.41) is 10.6. The van der Waals surface area contributed by atoms with E-state index < -0.39 is 0 Å². The molecule has 0 aliphatic heterocycles. The van der Waals surface area contributed by atoms with Crippen molar-refractivity contribution in [1.29, 1.82) is 0 Å². The van der Waals surface area contributed by atoms with Gasteiger partial charge < -0.3 is 5.11 Å². The first-order chi connectivity index (χ1) is 7.38. The van der Waals surface area contributed by atoms with E-state index in [-0.39, 0.29) is 17.0 Å². The Hall–Kier alpha value is -1.64. The minimum absolute atomic E-state index is 0.159. The van der Waals surface area contributed by atoms with Crippen LogP contribution < -0.4 is 0 Å². The number of pyridine rings is 1. The molecule has 1 aromatic carbocycles. The van der Waals surface area contributed by atoms with Crippen molar-refractivity contribution in [2.45, 2.75) is 26.2 Å². The molecule has 0 saturated carbocycles. The van der Waals surface area contributed by atoms with Crippen molar-refractivity contribution >= 4 is 10.9 Å². The lowest BCUT2D eigenvalue weighted by Gasteiger charge is -2.19. The van der Waals surface area contributed by atoms with Crippen molar-refractivity contribution < 1.29 is 9.50 Å². The fourth-order valence-electron chi connectivity index (χ4n) is 1.68. The van der Waals surface area contributed by atoms with E-state index in [1.807, 2.05) is 20.8 Å². The molecule has 84 valence electrons. The molecule has 2 aromatic rings. The molecular formula is C13H14FNO. The van der Waals surface area contributed by atoms with E-state index in [0.717, 1.165) is 5.39 Å². The van der Waals surface area contributed by atoms with Gasteiger partial charge in [0.1, 0.15) is 11.6 Å². The summed E-state index contributed by atoms with van der Waals surface area (Å²) in [5.74, 6) is -0.155. The first-order valence-electron chi connectivity index (χ1n) is 5.18. The first-order valence-corrected chi connectivity index (χ1v) is 5.18. The van der Waals surface area contributed by atoms with Crippen molar-refractivity contribution in [3.8, 4) is 5.75 Å². The minimum Gasteiger partial charge on any atom is -0.506 e. The number of fused-ring (bicyclic) bond motifs is 1. The number of hydrogen-bond acceptors (Lipinski definition) is 2. The second kappa shape index (κ2) is 3.44. The highest BCUT2D eigenvalue weighted by atomic mass is 19.1. The summed E-state index contributed by atoms with van der Waals surface area (Å²) in [6, 6.07) is 5.98. The van der Waals surface area contributed by atoms with Crippen molar-refractivity contribution in [3.63, 3.8) is 0 Å². The smallest absolute Gasteiger partial charge is 0.138 e. The Balaban J connectivity index is 2.74. The fraction of sp³-hybridized carbons (Fsp3) is 0.308. The third-order valence-corrected chi connectivity index (χ3v) is 2.47. The highest BCUT2D eigenvalue weighted by Gasteiger charge is 2.20. The van der Waals surface area contributed by atoms with Gasteiger partial charge in [-0.25, -0.2) is 9.37 Å². The Kier molecular flexibility index (Phi) is 2.34. The summed E-state index contributed by atoms with van der Waals surface area (Å²) in [6.07, 6.45) is 0. The summed E-state index contributed by atoms with van der Waals surface area (Å²) in [7, 11) is 0. The molecule has 1 heterocycles. The SMILES string of the molecule is CC(C)(C)c1nc2cc(F)ccc2cc1O. The highest BCUT2D eigenvalue weighted by molar-refractivity contribution is 5.80. The topological polar surface area (TPSA) is 33.1 Å². The third-order valence-electron chi connectivity index (χ3n) is 2.47. The summed E-state index contributed by atoms with van der Waals surface area (Å²) in [6.45, 7) is 5.88. The van der Waals surface area contributed by atoms with Crippen molar-refractivity contribution in [2.24, 2.45) is 0 Å². The molecule has 0 aliphatic carbocycles. The van der Waals surface area contributed by atoms with Crippen LogP contribution in [0.3, 0.4) is 0 Å². The second-order valence-electron chi connectivity index (χ2n) is 4.94. The Morgan fingerprint density at radius 3 is 2.50 bits per heavy atom. The van der Waals surface area contributed by atoms with Gasteiger partial charge in [0.05, 0.1) is 11.2 Å². The number of halogens is 1. The number of rotatable bonds is 0. The quantitative estimate of drug-likeness (QED) is 0.736. The maximum absolute atomic E-state index is 13.1. The Morgan fingerprint density at radius 1 is 1.19 bits per heavy atom. The lowest BCUT2D eigenvalue weighted by molar-refractivity contribution is 0.439. The van der Waals surface area contributed by atoms with Gasteiger partial charge >= 0.3 is 0 Å². The van der Waals surface area contributed by atoms with E-state index in [9.17, 15) is 9.50 Å². The number of hydrogen-bond donors (Lipinski definition) is 1. The van der Waals surface area contributed by atoms with Gasteiger partial charge in [-0.3, -0.25) is 0 Å². The zero-order chi connectivity index (χ0) is 11.9. The summed E-state index contributed by atoms with van der Waals surface area (Å²) < 4.78 is 13.1. The Bertz CT molecular complexity index is 543. The van der Waals surface area contributed by atoms with Crippen molar-refractivity contribution in [3.05, 3.63) is 35.8 Å². The van der Waals surface area contributed by atoms with Gasteiger partial charge in [-0.1, -0.05) is 20.8 Å². The second-order valence-corrected chi connectivity index (χ2v) is 4.94. The van der Waals surface area contributed by atoms with Gasteiger partial charge in [-0.2, -0.15) is 0 Å². The molecule has 3 heteroatoms. The summed E-state index contributed by atoms with van der Waals surface area (Å²) >= 11 is 0. The number of aromatic hydroxyl groups is 1. The lowest BCUT2D eigenvalue weighted by atomic mass is 9.90. The van der Waals surface area contributed by atoms with Gasteiger partial charge in [0.15, 0.2) is 0 Å². The Labute approximate surface area is 93.8 Å². The van der Waals surface area contributed by atoms with Gasteiger partial charge in [0.25, 0.3) is 0 Å². The van der Waals surface area contributed by atoms with Crippen molar-refractivity contribution in [2.75, 3.05) is 0 Å². The number of benzene rings is 1. The van der Waals surface area contributed by atoms with Crippen LogP contribution in [0.25, 0.3) is 10.9 Å². The van der Waals surface area contributed by atoms with Crippen LogP contribution in [0.1, 0.15) is 26.5 Å². The molecule has 1 N–H and O–H groups in total. The zero-order valence-corrected chi connectivity index (χ0v) is 9.58. The first kappa shape index (κ1) is 10.9. The molecule has 2 rings (SSSR count). The molecule has 0 atom stereocenters. The third kappa shape index (κ3) is 1.85. The number of nitrogens with zero attached hydrogens (tertiary/aromatic N) is 1. The van der Waals surface area contributed by atoms with Gasteiger partial charge in [-0.05, 0) is 18.2 Å². The maximum Gasteiger partial charge on any atom is 0.138 e. The molecule has 0 saturated heterocycles. The van der Waals surface area contributed by atoms with E-state index in [1.165, 1.54) is 12.1 Å². The fourth-order valence-corrected chi connectivity index (χ4v) is 1.68. The molecule has 1 aromatic heterocycles. The minimum atomic E-state index is -0.314. The molecule has 0 unspecified atom stereocenters. The molecule has 0 fully saturated rings.